The zero-order valence-electron chi connectivity index (χ0n) is 13.1. The quantitative estimate of drug-likeness (QED) is 0.770. The average molecular weight is 287 g/mol. The molecule has 2 aromatic rings. The van der Waals surface area contributed by atoms with E-state index in [2.05, 4.69) is 16.6 Å². The molecule has 4 heteroatoms. The molecule has 1 unspecified atom stereocenters. The van der Waals surface area contributed by atoms with E-state index >= 15 is 0 Å². The molecular weight excluding hydrogens is 262 g/mol. The van der Waals surface area contributed by atoms with Crippen molar-refractivity contribution in [2.24, 2.45) is 5.92 Å². The second-order valence-corrected chi connectivity index (χ2v) is 5.80. The Balaban J connectivity index is 1.89. The smallest absolute Gasteiger partial charge is 0.0645 e. The summed E-state index contributed by atoms with van der Waals surface area (Å²) in [6.07, 6.45) is 2.62. The topological polar surface area (TPSA) is 50.1 Å². The summed E-state index contributed by atoms with van der Waals surface area (Å²) in [6.45, 7) is 7.70. The van der Waals surface area contributed by atoms with Gasteiger partial charge in [-0.1, -0.05) is 32.0 Å². The molecule has 0 saturated heterocycles. The van der Waals surface area contributed by atoms with Crippen LogP contribution in [0.4, 0.5) is 0 Å². The monoisotopic (exact) mass is 287 g/mol. The Morgan fingerprint density at radius 1 is 1.24 bits per heavy atom. The first-order chi connectivity index (χ1) is 10.1. The van der Waals surface area contributed by atoms with Crippen molar-refractivity contribution in [3.8, 4) is 5.69 Å². The molecule has 0 saturated carbocycles. The van der Waals surface area contributed by atoms with Gasteiger partial charge in [-0.2, -0.15) is 5.10 Å². The van der Waals surface area contributed by atoms with E-state index in [0.717, 1.165) is 30.9 Å². The van der Waals surface area contributed by atoms with Gasteiger partial charge < -0.3 is 10.4 Å². The molecule has 0 aliphatic heterocycles. The lowest BCUT2D eigenvalue weighted by atomic mass is 10.0. The Morgan fingerprint density at radius 2 is 1.95 bits per heavy atom. The first-order valence-corrected chi connectivity index (χ1v) is 7.57. The summed E-state index contributed by atoms with van der Waals surface area (Å²) in [4.78, 5) is 0. The Morgan fingerprint density at radius 3 is 2.62 bits per heavy atom. The van der Waals surface area contributed by atoms with Crippen LogP contribution in [0.5, 0.6) is 0 Å². The molecule has 0 radical (unpaired) electrons. The summed E-state index contributed by atoms with van der Waals surface area (Å²) in [5.74, 6) is 0.314. The molecule has 114 valence electrons. The highest BCUT2D eigenvalue weighted by Gasteiger charge is 2.09. The summed E-state index contributed by atoms with van der Waals surface area (Å²) in [5, 5.41) is 17.7. The van der Waals surface area contributed by atoms with Crippen LogP contribution in [0.25, 0.3) is 5.69 Å². The molecule has 0 bridgehead atoms. The third-order valence-electron chi connectivity index (χ3n) is 3.72. The van der Waals surface area contributed by atoms with E-state index in [1.54, 1.807) is 0 Å². The lowest BCUT2D eigenvalue weighted by molar-refractivity contribution is 0.116. The summed E-state index contributed by atoms with van der Waals surface area (Å²) in [5.41, 5.74) is 3.30. The van der Waals surface area contributed by atoms with Crippen LogP contribution in [-0.4, -0.2) is 27.5 Å². The zero-order chi connectivity index (χ0) is 15.2. The van der Waals surface area contributed by atoms with Crippen molar-refractivity contribution in [2.45, 2.75) is 39.8 Å². The molecule has 0 aliphatic rings. The zero-order valence-corrected chi connectivity index (χ0v) is 13.1. The Labute approximate surface area is 126 Å². The van der Waals surface area contributed by atoms with Crippen molar-refractivity contribution in [2.75, 3.05) is 6.54 Å². The summed E-state index contributed by atoms with van der Waals surface area (Å²) < 4.78 is 1.91. The van der Waals surface area contributed by atoms with Crippen molar-refractivity contribution < 1.29 is 5.11 Å². The van der Waals surface area contributed by atoms with Gasteiger partial charge in [0, 0.05) is 18.3 Å². The van der Waals surface area contributed by atoms with Crippen molar-refractivity contribution in [3.05, 3.63) is 47.8 Å². The van der Waals surface area contributed by atoms with Gasteiger partial charge in [-0.3, -0.25) is 0 Å². The minimum absolute atomic E-state index is 0.231. The van der Waals surface area contributed by atoms with E-state index in [9.17, 15) is 5.11 Å². The first-order valence-electron chi connectivity index (χ1n) is 7.57. The normalized spacial score (nSPS) is 12.8. The lowest BCUT2D eigenvalue weighted by Crippen LogP contribution is -2.23. The van der Waals surface area contributed by atoms with Gasteiger partial charge in [0.1, 0.15) is 0 Å². The van der Waals surface area contributed by atoms with Gasteiger partial charge in [0.2, 0.25) is 0 Å². The van der Waals surface area contributed by atoms with Gasteiger partial charge in [0.25, 0.3) is 0 Å². The predicted molar refractivity (Wildman–Crippen MR) is 85.5 cm³/mol. The number of rotatable bonds is 7. The number of aromatic nitrogens is 2. The standard InChI is InChI=1S/C17H25N3O/c1-13(2)17(21)9-10-18-11-15-12-20(19-14(15)3)16-7-5-4-6-8-16/h4-8,12-13,17-18,21H,9-11H2,1-3H3. The van der Waals surface area contributed by atoms with E-state index in [-0.39, 0.29) is 6.10 Å². The lowest BCUT2D eigenvalue weighted by Gasteiger charge is -2.14. The highest BCUT2D eigenvalue weighted by molar-refractivity contribution is 5.32. The minimum Gasteiger partial charge on any atom is -0.393 e. The number of nitrogens with one attached hydrogen (secondary N) is 1. The number of aliphatic hydroxyl groups excluding tert-OH is 1. The summed E-state index contributed by atoms with van der Waals surface area (Å²) in [6, 6.07) is 10.1. The van der Waals surface area contributed by atoms with Crippen LogP contribution in [0, 0.1) is 12.8 Å². The van der Waals surface area contributed by atoms with Gasteiger partial charge in [0.15, 0.2) is 0 Å². The van der Waals surface area contributed by atoms with Gasteiger partial charge in [-0.05, 0) is 37.9 Å². The molecule has 2 N–H and O–H groups in total. The maximum absolute atomic E-state index is 9.77. The number of hydrogen-bond acceptors (Lipinski definition) is 3. The molecule has 4 nitrogen and oxygen atoms in total. The van der Waals surface area contributed by atoms with Gasteiger partial charge >= 0.3 is 0 Å². The summed E-state index contributed by atoms with van der Waals surface area (Å²) in [7, 11) is 0. The highest BCUT2D eigenvalue weighted by Crippen LogP contribution is 2.11. The maximum Gasteiger partial charge on any atom is 0.0645 e. The van der Waals surface area contributed by atoms with E-state index in [1.165, 1.54) is 5.56 Å². The van der Waals surface area contributed by atoms with Crippen LogP contribution in [-0.2, 0) is 6.54 Å². The molecule has 1 aromatic carbocycles. The van der Waals surface area contributed by atoms with Crippen molar-refractivity contribution >= 4 is 0 Å². The SMILES string of the molecule is Cc1nn(-c2ccccc2)cc1CNCCC(O)C(C)C. The molecule has 1 aromatic heterocycles. The average Bonchev–Trinajstić information content (AvgIpc) is 2.85. The molecule has 0 fully saturated rings. The predicted octanol–water partition coefficient (Wildman–Crippen LogP) is 2.68. The van der Waals surface area contributed by atoms with Gasteiger partial charge in [-0.25, -0.2) is 4.68 Å². The Kier molecular flexibility index (Phi) is 5.53. The number of nitrogens with zero attached hydrogens (tertiary/aromatic N) is 2. The molecule has 21 heavy (non-hydrogen) atoms. The highest BCUT2D eigenvalue weighted by atomic mass is 16.3. The fourth-order valence-electron chi connectivity index (χ4n) is 2.19. The molecule has 0 spiro atoms. The van der Waals surface area contributed by atoms with Crippen LogP contribution in [0.3, 0.4) is 0 Å². The largest absolute Gasteiger partial charge is 0.393 e. The molecule has 2 rings (SSSR count). The molecule has 0 amide bonds. The number of hydrogen-bond donors (Lipinski definition) is 2. The van der Waals surface area contributed by atoms with Gasteiger partial charge in [-0.15, -0.1) is 0 Å². The van der Waals surface area contributed by atoms with Crippen LogP contribution in [0.2, 0.25) is 0 Å². The van der Waals surface area contributed by atoms with Crippen LogP contribution in [0.15, 0.2) is 36.5 Å². The van der Waals surface area contributed by atoms with Crippen molar-refractivity contribution in [1.82, 2.24) is 15.1 Å². The number of benzene rings is 1. The fraction of sp³-hybridized carbons (Fsp3) is 0.471. The summed E-state index contributed by atoms with van der Waals surface area (Å²) >= 11 is 0. The number of para-hydroxylation sites is 1. The third-order valence-corrected chi connectivity index (χ3v) is 3.72. The van der Waals surface area contributed by atoms with Crippen LogP contribution < -0.4 is 5.32 Å². The number of aryl methyl sites for hydroxylation is 1. The Bertz CT molecular complexity index is 548. The molecule has 0 aliphatic carbocycles. The van der Waals surface area contributed by atoms with Gasteiger partial charge in [0.05, 0.1) is 17.5 Å². The second kappa shape index (κ2) is 7.38. The van der Waals surface area contributed by atoms with Crippen molar-refractivity contribution in [3.63, 3.8) is 0 Å². The fourth-order valence-corrected chi connectivity index (χ4v) is 2.19. The number of aliphatic hydroxyl groups is 1. The van der Waals surface area contributed by atoms with E-state index in [1.807, 2.05) is 55.8 Å². The molecule has 1 heterocycles. The van der Waals surface area contributed by atoms with Crippen LogP contribution >= 0.6 is 0 Å². The third kappa shape index (κ3) is 4.41. The molecule has 1 atom stereocenters. The molecular formula is C17H25N3O. The van der Waals surface area contributed by atoms with E-state index < -0.39 is 0 Å². The van der Waals surface area contributed by atoms with Crippen LogP contribution in [0.1, 0.15) is 31.5 Å². The minimum atomic E-state index is -0.231. The maximum atomic E-state index is 9.77. The van der Waals surface area contributed by atoms with Crippen molar-refractivity contribution in [1.29, 1.82) is 0 Å². The van der Waals surface area contributed by atoms with E-state index in [0.29, 0.717) is 5.92 Å². The van der Waals surface area contributed by atoms with E-state index in [4.69, 9.17) is 0 Å². The first kappa shape index (κ1) is 15.7. The Hall–Kier alpha value is -1.65. The second-order valence-electron chi connectivity index (χ2n) is 5.80.